The van der Waals surface area contributed by atoms with E-state index in [1.807, 2.05) is 54.7 Å². The molecule has 2 aromatic carbocycles. The van der Waals surface area contributed by atoms with E-state index < -0.39 is 0 Å². The second-order valence-electron chi connectivity index (χ2n) is 7.68. The average molecular weight is 428 g/mol. The van der Waals surface area contributed by atoms with E-state index in [2.05, 4.69) is 32.9 Å². The largest absolute Gasteiger partial charge is 0.418 e. The third-order valence-corrected chi connectivity index (χ3v) is 5.54. The molecule has 4 nitrogen and oxygen atoms in total. The van der Waals surface area contributed by atoms with Crippen LogP contribution in [0.2, 0.25) is 0 Å². The molecule has 0 aliphatic rings. The molecule has 0 saturated carbocycles. The summed E-state index contributed by atoms with van der Waals surface area (Å²) in [6.07, 6.45) is 7.03. The van der Waals surface area contributed by atoms with Gasteiger partial charge in [0.05, 0.1) is 20.6 Å². The maximum atomic E-state index is 12.3. The number of benzene rings is 2. The van der Waals surface area contributed by atoms with Gasteiger partial charge in [0.2, 0.25) is 0 Å². The van der Waals surface area contributed by atoms with Crippen LogP contribution in [0, 0.1) is 0 Å². The van der Waals surface area contributed by atoms with E-state index in [9.17, 15) is 4.79 Å². The van der Waals surface area contributed by atoms with Crippen molar-refractivity contribution in [2.75, 3.05) is 20.6 Å². The number of nitrogens with one attached hydrogen (secondary N) is 2. The van der Waals surface area contributed by atoms with Crippen molar-refractivity contribution in [1.82, 2.24) is 4.98 Å². The maximum Gasteiger partial charge on any atom is 0.373 e. The van der Waals surface area contributed by atoms with Crippen LogP contribution >= 0.6 is 11.8 Å². The highest BCUT2D eigenvalue weighted by Gasteiger charge is 2.14. The van der Waals surface area contributed by atoms with Crippen molar-refractivity contribution in [2.45, 2.75) is 45.3 Å². The van der Waals surface area contributed by atoms with E-state index in [1.54, 1.807) is 0 Å². The molecule has 5 heteroatoms. The maximum absolute atomic E-state index is 12.3. The van der Waals surface area contributed by atoms with Crippen molar-refractivity contribution in [3.05, 3.63) is 65.9 Å². The minimum Gasteiger partial charge on any atom is -0.418 e. The highest BCUT2D eigenvalue weighted by molar-refractivity contribution is 8.12. The average Bonchev–Trinajstić information content (AvgIpc) is 3.17. The van der Waals surface area contributed by atoms with Gasteiger partial charge in [-0.25, -0.2) is 4.79 Å². The van der Waals surface area contributed by atoms with E-state index in [1.165, 1.54) is 41.5 Å². The van der Waals surface area contributed by atoms with Crippen LogP contribution in [0.15, 0.2) is 54.7 Å². The van der Waals surface area contributed by atoms with Crippen LogP contribution in [-0.2, 0) is 12.2 Å². The number of aromatic amines is 1. The summed E-state index contributed by atoms with van der Waals surface area (Å²) in [6, 6.07) is 15.7. The lowest BCUT2D eigenvalue weighted by Gasteiger charge is -2.09. The summed E-state index contributed by atoms with van der Waals surface area (Å²) in [7, 11) is 4.27. The number of aromatic nitrogens is 1. The van der Waals surface area contributed by atoms with Gasteiger partial charge in [-0.15, -0.1) is 0 Å². The molecule has 0 unspecified atom stereocenters. The molecule has 0 bridgehead atoms. The lowest BCUT2D eigenvalue weighted by Crippen LogP contribution is -3.05. The number of likely N-dealkylation sites (N-methyl/N-ethyl adjacent to an activating group) is 1. The predicted octanol–water partition coefficient (Wildman–Crippen LogP) is 5.48. The fourth-order valence-corrected chi connectivity index (χ4v) is 3.70. The van der Waals surface area contributed by atoms with Gasteiger partial charge in [0.25, 0.3) is 0 Å². The molecule has 1 heterocycles. The van der Waals surface area contributed by atoms with E-state index >= 15 is 0 Å². The zero-order valence-corrected chi connectivity index (χ0v) is 19.5. The molecule has 3 aromatic rings. The number of unbranched alkanes of at least 4 members (excludes halogenated alkanes) is 2. The van der Waals surface area contributed by atoms with E-state index in [4.69, 9.17) is 4.74 Å². The molecule has 0 fully saturated rings. The van der Waals surface area contributed by atoms with E-state index in [0.717, 1.165) is 29.4 Å². The molecule has 1 aromatic heterocycles. The van der Waals surface area contributed by atoms with Crippen molar-refractivity contribution >= 4 is 28.0 Å². The van der Waals surface area contributed by atoms with Crippen LogP contribution in [0.4, 0.5) is 4.79 Å². The number of hydrogen-bond donors (Lipinski definition) is 2. The monoisotopic (exact) mass is 427 g/mol. The molecule has 0 radical (unpaired) electrons. The first-order valence-electron chi connectivity index (χ1n) is 10.8. The first kappa shape index (κ1) is 24.0. The van der Waals surface area contributed by atoms with Gasteiger partial charge in [-0.05, 0) is 35.0 Å². The Balaban J connectivity index is 0.000000575. The van der Waals surface area contributed by atoms with Gasteiger partial charge in [0.1, 0.15) is 5.75 Å². The molecule has 0 atom stereocenters. The number of ether oxygens (including phenoxy) is 1. The van der Waals surface area contributed by atoms with Crippen molar-refractivity contribution in [3.8, 4) is 5.75 Å². The summed E-state index contributed by atoms with van der Waals surface area (Å²) in [5, 5.41) is 0.735. The minimum absolute atomic E-state index is 0.276. The third-order valence-electron chi connectivity index (χ3n) is 4.74. The molecule has 0 spiro atoms. The highest BCUT2D eigenvalue weighted by atomic mass is 32.2. The SMILES string of the molecule is CCCCC.C[NH+](C)CCc1c[nH]c2cccc(OC(=O)SCc3ccccc3)c12. The summed E-state index contributed by atoms with van der Waals surface area (Å²) in [5.74, 6) is 1.24. The second-order valence-corrected chi connectivity index (χ2v) is 8.59. The number of rotatable bonds is 8. The Kier molecular flexibility index (Phi) is 10.5. The normalized spacial score (nSPS) is 10.7. The van der Waals surface area contributed by atoms with E-state index in [0.29, 0.717) is 11.5 Å². The van der Waals surface area contributed by atoms with Gasteiger partial charge >= 0.3 is 5.30 Å². The van der Waals surface area contributed by atoms with Gasteiger partial charge in [-0.2, -0.15) is 0 Å². The standard InChI is InChI=1S/C20H22N2O2S.C5H12/c1-22(2)12-11-16-13-21-17-9-6-10-18(19(16)17)24-20(23)25-14-15-7-4-3-5-8-15;1-3-5-4-2/h3-10,13,21H,11-12,14H2,1-2H3;3-5H2,1-2H3/p+1. The molecule has 2 N–H and O–H groups in total. The number of hydrogen-bond acceptors (Lipinski definition) is 3. The lowest BCUT2D eigenvalue weighted by atomic mass is 10.1. The number of carbonyl (C=O) groups excluding carboxylic acids is 1. The molecule has 0 aliphatic heterocycles. The molecule has 0 saturated heterocycles. The number of quaternary nitrogens is 1. The van der Waals surface area contributed by atoms with Gasteiger partial charge in [-0.3, -0.25) is 0 Å². The van der Waals surface area contributed by atoms with Gasteiger partial charge in [0.15, 0.2) is 0 Å². The van der Waals surface area contributed by atoms with E-state index in [-0.39, 0.29) is 5.30 Å². The molecule has 0 amide bonds. The zero-order chi connectivity index (χ0) is 21.8. The summed E-state index contributed by atoms with van der Waals surface area (Å²) < 4.78 is 5.65. The number of carbonyl (C=O) groups is 1. The zero-order valence-electron chi connectivity index (χ0n) is 18.7. The molecule has 3 rings (SSSR count). The Morgan fingerprint density at radius 1 is 1.03 bits per heavy atom. The van der Waals surface area contributed by atoms with Crippen LogP contribution < -0.4 is 9.64 Å². The van der Waals surface area contributed by atoms with Crippen molar-refractivity contribution in [1.29, 1.82) is 0 Å². The topological polar surface area (TPSA) is 46.5 Å². The Hall–Kier alpha value is -2.24. The Morgan fingerprint density at radius 2 is 1.77 bits per heavy atom. The first-order chi connectivity index (χ1) is 14.5. The summed E-state index contributed by atoms with van der Waals surface area (Å²) in [4.78, 5) is 16.9. The van der Waals surface area contributed by atoms with Crippen molar-refractivity contribution < 1.29 is 14.4 Å². The molecular formula is C25H35N2O2S+. The van der Waals surface area contributed by atoms with Gasteiger partial charge in [0, 0.05) is 29.3 Å². The summed E-state index contributed by atoms with van der Waals surface area (Å²) in [6.45, 7) is 5.45. The minimum atomic E-state index is -0.276. The third kappa shape index (κ3) is 7.88. The molecule has 0 aliphatic carbocycles. The van der Waals surface area contributed by atoms with Crippen LogP contribution in [-0.4, -0.2) is 30.9 Å². The predicted molar refractivity (Wildman–Crippen MR) is 129 cm³/mol. The molecule has 162 valence electrons. The number of H-pyrrole nitrogens is 1. The van der Waals surface area contributed by atoms with Gasteiger partial charge < -0.3 is 14.6 Å². The molecule has 30 heavy (non-hydrogen) atoms. The van der Waals surface area contributed by atoms with Crippen LogP contribution in [0.25, 0.3) is 10.9 Å². The fraction of sp³-hybridized carbons (Fsp3) is 0.400. The number of thioether (sulfide) groups is 1. The Bertz CT molecular complexity index is 889. The fourth-order valence-electron chi connectivity index (χ4n) is 3.08. The highest BCUT2D eigenvalue weighted by Crippen LogP contribution is 2.30. The summed E-state index contributed by atoms with van der Waals surface area (Å²) >= 11 is 1.18. The van der Waals surface area contributed by atoms with Crippen LogP contribution in [0.3, 0.4) is 0 Å². The van der Waals surface area contributed by atoms with Gasteiger partial charge in [-0.1, -0.05) is 69.5 Å². The smallest absolute Gasteiger partial charge is 0.373 e. The number of fused-ring (bicyclic) bond motifs is 1. The Morgan fingerprint density at radius 3 is 2.40 bits per heavy atom. The quantitative estimate of drug-likeness (QED) is 0.468. The van der Waals surface area contributed by atoms with Crippen molar-refractivity contribution in [3.63, 3.8) is 0 Å². The summed E-state index contributed by atoms with van der Waals surface area (Å²) in [5.41, 5.74) is 3.30. The van der Waals surface area contributed by atoms with Crippen LogP contribution in [0.5, 0.6) is 5.75 Å². The first-order valence-corrected chi connectivity index (χ1v) is 11.8. The van der Waals surface area contributed by atoms with Crippen LogP contribution in [0.1, 0.15) is 44.2 Å². The van der Waals surface area contributed by atoms with Crippen molar-refractivity contribution in [2.24, 2.45) is 0 Å². The Labute approximate surface area is 185 Å². The lowest BCUT2D eigenvalue weighted by molar-refractivity contribution is -0.858. The second kappa shape index (κ2) is 13.1. The molecular weight excluding hydrogens is 392 g/mol.